The summed E-state index contributed by atoms with van der Waals surface area (Å²) >= 11 is 0. The van der Waals surface area contributed by atoms with Gasteiger partial charge in [-0.25, -0.2) is 4.79 Å². The summed E-state index contributed by atoms with van der Waals surface area (Å²) in [6.07, 6.45) is -0.424. The van der Waals surface area contributed by atoms with Gasteiger partial charge in [0.2, 0.25) is 35.4 Å². The number of benzene rings is 1. The number of carboxylic acid groups (broad SMARTS) is 2. The number of carboxylic acids is 2. The third-order valence-corrected chi connectivity index (χ3v) is 7.39. The lowest BCUT2D eigenvalue weighted by Gasteiger charge is -2.25. The van der Waals surface area contributed by atoms with E-state index in [1.165, 1.54) is 12.1 Å². The minimum absolute atomic E-state index is 0.0451. The van der Waals surface area contributed by atoms with E-state index in [2.05, 4.69) is 26.6 Å². The minimum atomic E-state index is -1.66. The van der Waals surface area contributed by atoms with Gasteiger partial charge < -0.3 is 59.1 Å². The highest BCUT2D eigenvalue weighted by Gasteiger charge is 2.31. The van der Waals surface area contributed by atoms with Crippen LogP contribution in [0.2, 0.25) is 0 Å². The van der Waals surface area contributed by atoms with Crippen molar-refractivity contribution >= 4 is 47.4 Å². The molecule has 6 amide bonds. The Hall–Kier alpha value is -5.30. The van der Waals surface area contributed by atoms with Crippen LogP contribution in [0.15, 0.2) is 24.3 Å². The molecule has 0 aromatic heterocycles. The molecule has 1 rings (SSSR count). The van der Waals surface area contributed by atoms with Crippen molar-refractivity contribution < 1.29 is 53.7 Å². The number of nitrogens with one attached hydrogen (secondary N) is 5. The van der Waals surface area contributed by atoms with Gasteiger partial charge in [-0.05, 0) is 68.7 Å². The van der Waals surface area contributed by atoms with Crippen molar-refractivity contribution in [1.29, 1.82) is 0 Å². The van der Waals surface area contributed by atoms with Crippen molar-refractivity contribution in [3.8, 4) is 5.75 Å². The second-order valence-electron chi connectivity index (χ2n) is 12.4. The van der Waals surface area contributed by atoms with Crippen molar-refractivity contribution in [3.05, 3.63) is 29.8 Å². The number of nitrogens with two attached hydrogens (primary N) is 3. The van der Waals surface area contributed by atoms with E-state index in [0.29, 0.717) is 24.9 Å². The second-order valence-corrected chi connectivity index (χ2v) is 12.4. The Kier molecular flexibility index (Phi) is 19.2. The highest BCUT2D eigenvalue weighted by molar-refractivity contribution is 5.96. The first-order valence-corrected chi connectivity index (χ1v) is 16.4. The van der Waals surface area contributed by atoms with Crippen LogP contribution in [-0.4, -0.2) is 106 Å². The molecule has 284 valence electrons. The van der Waals surface area contributed by atoms with Crippen molar-refractivity contribution in [2.45, 2.75) is 95.4 Å². The fraction of sp³-hybridized carbons (Fsp3) is 0.562. The summed E-state index contributed by atoms with van der Waals surface area (Å²) in [5.74, 6) is -8.18. The van der Waals surface area contributed by atoms with Gasteiger partial charge in [0.15, 0.2) is 0 Å². The van der Waals surface area contributed by atoms with E-state index in [1.54, 1.807) is 26.0 Å². The quantitative estimate of drug-likeness (QED) is 0.0485. The van der Waals surface area contributed by atoms with Crippen molar-refractivity contribution in [2.24, 2.45) is 23.1 Å². The van der Waals surface area contributed by atoms with Gasteiger partial charge in [-0.2, -0.15) is 0 Å². The van der Waals surface area contributed by atoms with E-state index < -0.39 is 103 Å². The van der Waals surface area contributed by atoms with Crippen molar-refractivity contribution in [2.75, 3.05) is 13.1 Å². The van der Waals surface area contributed by atoms with E-state index in [1.807, 2.05) is 0 Å². The molecule has 0 unspecified atom stereocenters. The van der Waals surface area contributed by atoms with E-state index in [4.69, 9.17) is 22.3 Å². The smallest absolute Gasteiger partial charge is 0.326 e. The van der Waals surface area contributed by atoms with Crippen LogP contribution in [0.5, 0.6) is 5.75 Å². The summed E-state index contributed by atoms with van der Waals surface area (Å²) in [7, 11) is 0. The molecule has 0 bridgehead atoms. The van der Waals surface area contributed by atoms with Gasteiger partial charge in [-0.1, -0.05) is 26.0 Å². The summed E-state index contributed by atoms with van der Waals surface area (Å²) in [6.45, 7) is 3.21. The molecule has 0 heterocycles. The number of phenolic OH excluding ortho intramolecular Hbond substituents is 1. The SMILES string of the molecule is CC(C)C[C@H](NC(=O)CNC(=O)[C@H](CCCCN)NC(=O)[C@@H](N)Cc1ccc(O)cc1)C(=O)N[C@@H](CC(N)=O)C(=O)N[C@@H](CCC(=O)O)C(=O)O. The summed E-state index contributed by atoms with van der Waals surface area (Å²) in [4.78, 5) is 99.1. The fourth-order valence-electron chi connectivity index (χ4n) is 4.74. The molecule has 0 saturated carbocycles. The normalized spacial score (nSPS) is 13.8. The molecular weight excluding hydrogens is 672 g/mol. The highest BCUT2D eigenvalue weighted by Crippen LogP contribution is 2.12. The highest BCUT2D eigenvalue weighted by atomic mass is 16.4. The Balaban J connectivity index is 2.96. The monoisotopic (exact) mass is 722 g/mol. The number of hydrogen-bond donors (Lipinski definition) is 11. The zero-order valence-electron chi connectivity index (χ0n) is 28.7. The number of aliphatic carboxylic acids is 2. The van der Waals surface area contributed by atoms with E-state index in [-0.39, 0.29) is 30.9 Å². The topological polar surface area (TPSA) is 335 Å². The third-order valence-electron chi connectivity index (χ3n) is 7.39. The molecule has 0 aliphatic rings. The van der Waals surface area contributed by atoms with Gasteiger partial charge in [-0.3, -0.25) is 33.6 Å². The lowest BCUT2D eigenvalue weighted by Crippen LogP contribution is -2.57. The average Bonchev–Trinajstić information content (AvgIpc) is 3.04. The molecule has 5 atom stereocenters. The summed E-state index contributed by atoms with van der Waals surface area (Å²) in [5.41, 5.74) is 17.5. The van der Waals surface area contributed by atoms with Gasteiger partial charge in [0.25, 0.3) is 0 Å². The van der Waals surface area contributed by atoms with Crippen LogP contribution >= 0.6 is 0 Å². The Morgan fingerprint density at radius 3 is 1.88 bits per heavy atom. The van der Waals surface area contributed by atoms with Crippen LogP contribution in [0.3, 0.4) is 0 Å². The number of amides is 6. The molecule has 51 heavy (non-hydrogen) atoms. The second kappa shape index (κ2) is 22.4. The Labute approximate surface area is 294 Å². The molecular formula is C32H50N8O11. The molecule has 19 heteroatoms. The largest absolute Gasteiger partial charge is 0.508 e. The molecule has 14 N–H and O–H groups in total. The predicted molar refractivity (Wildman–Crippen MR) is 181 cm³/mol. The molecule has 0 spiro atoms. The van der Waals surface area contributed by atoms with E-state index >= 15 is 0 Å². The maximum absolute atomic E-state index is 13.2. The maximum atomic E-state index is 13.2. The zero-order valence-corrected chi connectivity index (χ0v) is 28.7. The first kappa shape index (κ1) is 43.7. The van der Waals surface area contributed by atoms with Crippen LogP contribution in [0.1, 0.15) is 64.4 Å². The van der Waals surface area contributed by atoms with Crippen LogP contribution in [0.4, 0.5) is 0 Å². The van der Waals surface area contributed by atoms with Crippen molar-refractivity contribution in [3.63, 3.8) is 0 Å². The van der Waals surface area contributed by atoms with Gasteiger partial charge in [-0.15, -0.1) is 0 Å². The fourth-order valence-corrected chi connectivity index (χ4v) is 4.74. The molecule has 1 aromatic carbocycles. The number of carbonyl (C=O) groups is 8. The number of aromatic hydroxyl groups is 1. The summed E-state index contributed by atoms with van der Waals surface area (Å²) in [5, 5.41) is 39.6. The standard InChI is InChI=1S/C32H50N8O11/c1-17(2)13-23(30(48)40-24(15-25(35)42)31(49)39-22(32(50)51)10-11-27(44)45)37-26(43)16-36-29(47)21(5-3-4-12-33)38-28(46)20(34)14-18-6-8-19(41)9-7-18/h6-9,17,20-24,41H,3-5,10-16,33-34H2,1-2H3,(H2,35,42)(H,36,47)(H,37,43)(H,38,46)(H,39,49)(H,40,48)(H,44,45)(H,50,51)/t20-,21-,22-,23-,24-/m0/s1. The number of carbonyl (C=O) groups excluding carboxylic acids is 6. The molecule has 0 fully saturated rings. The van der Waals surface area contributed by atoms with Crippen LogP contribution in [0, 0.1) is 5.92 Å². The zero-order chi connectivity index (χ0) is 38.7. The molecule has 0 aliphatic heterocycles. The molecule has 0 radical (unpaired) electrons. The lowest BCUT2D eigenvalue weighted by atomic mass is 10.0. The van der Waals surface area contributed by atoms with Gasteiger partial charge >= 0.3 is 11.9 Å². The number of hydrogen-bond acceptors (Lipinski definition) is 11. The third kappa shape index (κ3) is 17.8. The minimum Gasteiger partial charge on any atom is -0.508 e. The Bertz CT molecular complexity index is 1370. The predicted octanol–water partition coefficient (Wildman–Crippen LogP) is -2.68. The first-order valence-electron chi connectivity index (χ1n) is 16.4. The van der Waals surface area contributed by atoms with Crippen LogP contribution in [-0.2, 0) is 44.8 Å². The van der Waals surface area contributed by atoms with Crippen LogP contribution in [0.25, 0.3) is 0 Å². The Morgan fingerprint density at radius 1 is 0.745 bits per heavy atom. The van der Waals surface area contributed by atoms with Crippen molar-refractivity contribution in [1.82, 2.24) is 26.6 Å². The molecule has 0 saturated heterocycles. The summed E-state index contributed by atoms with van der Waals surface area (Å²) < 4.78 is 0. The number of unbranched alkanes of at least 4 members (excludes halogenated alkanes) is 1. The van der Waals surface area contributed by atoms with Gasteiger partial charge in [0, 0.05) is 6.42 Å². The maximum Gasteiger partial charge on any atom is 0.326 e. The Morgan fingerprint density at radius 2 is 1.33 bits per heavy atom. The molecule has 1 aromatic rings. The van der Waals surface area contributed by atoms with E-state index in [0.717, 1.165) is 0 Å². The van der Waals surface area contributed by atoms with E-state index in [9.17, 15) is 48.6 Å². The molecule has 0 aliphatic carbocycles. The number of rotatable bonds is 24. The average molecular weight is 723 g/mol. The number of primary amides is 1. The summed E-state index contributed by atoms with van der Waals surface area (Å²) in [6, 6.07) is -0.585. The number of phenols is 1. The lowest BCUT2D eigenvalue weighted by molar-refractivity contribution is -0.143. The molecule has 19 nitrogen and oxygen atoms in total. The first-order chi connectivity index (χ1) is 23.9. The van der Waals surface area contributed by atoms with Gasteiger partial charge in [0.1, 0.15) is 29.9 Å². The van der Waals surface area contributed by atoms with Crippen LogP contribution < -0.4 is 43.8 Å². The van der Waals surface area contributed by atoms with Gasteiger partial charge in [0.05, 0.1) is 19.0 Å².